The molecular weight excluding hydrogens is 332 g/mol. The Hall–Kier alpha value is -2.37. The largest absolute Gasteiger partial charge is 0.481 e. The average molecular weight is 362 g/mol. The second-order valence-electron chi connectivity index (χ2n) is 7.60. The fraction of sp³-hybridized carbons (Fsp3) is 0.550. The minimum atomic E-state index is -0.938. The first-order valence-corrected chi connectivity index (χ1v) is 8.94. The highest BCUT2D eigenvalue weighted by atomic mass is 16.4. The lowest BCUT2D eigenvalue weighted by Gasteiger charge is -2.26. The Kier molecular flexibility index (Phi) is 7.36. The number of hydrogen-bond donors (Lipinski definition) is 3. The zero-order chi connectivity index (χ0) is 20.0. The van der Waals surface area contributed by atoms with E-state index in [0.29, 0.717) is 24.9 Å². The molecule has 0 atom stereocenters. The van der Waals surface area contributed by atoms with Crippen molar-refractivity contribution < 1.29 is 19.5 Å². The van der Waals surface area contributed by atoms with E-state index in [-0.39, 0.29) is 18.4 Å². The molecule has 0 radical (unpaired) electrons. The van der Waals surface area contributed by atoms with E-state index in [2.05, 4.69) is 10.6 Å². The van der Waals surface area contributed by atoms with E-state index in [0.717, 1.165) is 5.56 Å². The Balaban J connectivity index is 2.67. The summed E-state index contributed by atoms with van der Waals surface area (Å²) in [5.41, 5.74) is -0.0365. The van der Waals surface area contributed by atoms with Crippen LogP contribution in [-0.2, 0) is 16.1 Å². The van der Waals surface area contributed by atoms with Crippen molar-refractivity contribution in [3.8, 4) is 0 Å². The van der Waals surface area contributed by atoms with Crippen molar-refractivity contribution in [3.05, 3.63) is 35.4 Å². The summed E-state index contributed by atoms with van der Waals surface area (Å²) in [7, 11) is 0. The van der Waals surface area contributed by atoms with E-state index in [4.69, 9.17) is 0 Å². The highest BCUT2D eigenvalue weighted by Crippen LogP contribution is 2.25. The van der Waals surface area contributed by atoms with Crippen molar-refractivity contribution in [2.24, 2.45) is 10.8 Å². The second kappa shape index (κ2) is 8.83. The van der Waals surface area contributed by atoms with Crippen molar-refractivity contribution in [3.63, 3.8) is 0 Å². The molecule has 0 bridgehead atoms. The quantitative estimate of drug-likeness (QED) is 0.662. The highest BCUT2D eigenvalue weighted by Gasteiger charge is 2.35. The number of nitrogens with one attached hydrogen (secondary N) is 2. The van der Waals surface area contributed by atoms with Crippen LogP contribution in [0.4, 0.5) is 0 Å². The van der Waals surface area contributed by atoms with Gasteiger partial charge >= 0.3 is 5.97 Å². The first kappa shape index (κ1) is 21.7. The van der Waals surface area contributed by atoms with Gasteiger partial charge in [-0.25, -0.2) is 0 Å². The third-order valence-electron chi connectivity index (χ3n) is 4.74. The minimum absolute atomic E-state index is 0.0385. The topological polar surface area (TPSA) is 95.5 Å². The Labute approximate surface area is 155 Å². The molecule has 1 aromatic carbocycles. The van der Waals surface area contributed by atoms with Crippen LogP contribution in [0.25, 0.3) is 0 Å². The van der Waals surface area contributed by atoms with E-state index in [1.165, 1.54) is 0 Å². The van der Waals surface area contributed by atoms with Crippen LogP contribution in [-0.4, -0.2) is 29.4 Å². The summed E-state index contributed by atoms with van der Waals surface area (Å²) in [5, 5.41) is 15.0. The smallest absolute Gasteiger partial charge is 0.311 e. The van der Waals surface area contributed by atoms with Gasteiger partial charge in [0.15, 0.2) is 0 Å². The van der Waals surface area contributed by atoms with Crippen molar-refractivity contribution in [1.29, 1.82) is 0 Å². The molecule has 0 saturated heterocycles. The van der Waals surface area contributed by atoms with Crippen molar-refractivity contribution in [2.75, 3.05) is 6.54 Å². The number of carbonyl (C=O) groups is 3. The van der Waals surface area contributed by atoms with Crippen LogP contribution < -0.4 is 10.6 Å². The number of carboxylic acids is 1. The third kappa shape index (κ3) is 5.58. The zero-order valence-electron chi connectivity index (χ0n) is 16.3. The number of amides is 2. The predicted octanol–water partition coefficient (Wildman–Crippen LogP) is 2.97. The second-order valence-corrected chi connectivity index (χ2v) is 7.60. The fourth-order valence-electron chi connectivity index (χ4n) is 2.45. The lowest BCUT2D eigenvalue weighted by Crippen LogP contribution is -2.42. The molecule has 0 aromatic heterocycles. The Morgan fingerprint density at radius 2 is 1.50 bits per heavy atom. The van der Waals surface area contributed by atoms with Crippen molar-refractivity contribution in [1.82, 2.24) is 10.6 Å². The molecule has 0 fully saturated rings. The summed E-state index contributed by atoms with van der Waals surface area (Å²) in [6, 6.07) is 6.91. The molecule has 0 aliphatic rings. The number of carboxylic acid groups (broad SMARTS) is 1. The first-order chi connectivity index (χ1) is 12.1. The molecule has 26 heavy (non-hydrogen) atoms. The van der Waals surface area contributed by atoms with Crippen molar-refractivity contribution in [2.45, 2.75) is 54.0 Å². The highest BCUT2D eigenvalue weighted by molar-refractivity contribution is 5.94. The number of hydrogen-bond acceptors (Lipinski definition) is 3. The number of carbonyl (C=O) groups excluding carboxylic acids is 2. The molecule has 0 heterocycles. The van der Waals surface area contributed by atoms with Crippen LogP contribution in [0, 0.1) is 10.8 Å². The Bertz CT molecular complexity index is 641. The van der Waals surface area contributed by atoms with Crippen LogP contribution >= 0.6 is 0 Å². The van der Waals surface area contributed by atoms with Gasteiger partial charge in [-0.05, 0) is 30.5 Å². The fourth-order valence-corrected chi connectivity index (χ4v) is 2.45. The lowest BCUT2D eigenvalue weighted by molar-refractivity contribution is -0.149. The monoisotopic (exact) mass is 362 g/mol. The molecule has 0 unspecified atom stereocenters. The van der Waals surface area contributed by atoms with Crippen LogP contribution in [0.1, 0.15) is 63.4 Å². The molecule has 1 rings (SSSR count). The standard InChI is InChI=1S/C20H30N2O4/c1-6-20(7-2,18(25)26)13-22-16(23)15-10-8-14(9-11-15)12-21-17(24)19(3,4)5/h8-11H,6-7,12-13H2,1-5H3,(H,21,24)(H,22,23)(H,25,26). The predicted molar refractivity (Wildman–Crippen MR) is 101 cm³/mol. The van der Waals surface area contributed by atoms with E-state index in [1.54, 1.807) is 24.3 Å². The summed E-state index contributed by atoms with van der Waals surface area (Å²) in [6.07, 6.45) is 0.900. The van der Waals surface area contributed by atoms with Crippen LogP contribution in [0.5, 0.6) is 0 Å². The van der Waals surface area contributed by atoms with Gasteiger partial charge in [0.1, 0.15) is 0 Å². The molecule has 6 nitrogen and oxygen atoms in total. The van der Waals surface area contributed by atoms with Crippen molar-refractivity contribution >= 4 is 17.8 Å². The summed E-state index contributed by atoms with van der Waals surface area (Å²) in [6.45, 7) is 9.65. The van der Waals surface area contributed by atoms with Gasteiger partial charge in [0.05, 0.1) is 5.41 Å². The lowest BCUT2D eigenvalue weighted by atomic mass is 9.82. The van der Waals surface area contributed by atoms with Gasteiger partial charge in [-0.2, -0.15) is 0 Å². The maximum Gasteiger partial charge on any atom is 0.311 e. The minimum Gasteiger partial charge on any atom is -0.481 e. The molecule has 6 heteroatoms. The van der Waals surface area contributed by atoms with Gasteiger partial charge in [0.25, 0.3) is 5.91 Å². The van der Waals surface area contributed by atoms with Gasteiger partial charge < -0.3 is 15.7 Å². The van der Waals surface area contributed by atoms with E-state index in [1.807, 2.05) is 34.6 Å². The van der Waals surface area contributed by atoms with Crippen LogP contribution in [0.15, 0.2) is 24.3 Å². The molecular formula is C20H30N2O4. The normalized spacial score (nSPS) is 11.7. The first-order valence-electron chi connectivity index (χ1n) is 8.94. The molecule has 0 aliphatic carbocycles. The number of aliphatic carboxylic acids is 1. The zero-order valence-corrected chi connectivity index (χ0v) is 16.3. The summed E-state index contributed by atoms with van der Waals surface area (Å²) >= 11 is 0. The molecule has 0 saturated carbocycles. The van der Waals surface area contributed by atoms with Gasteiger partial charge in [0, 0.05) is 24.1 Å². The van der Waals surface area contributed by atoms with E-state index in [9.17, 15) is 19.5 Å². The molecule has 0 aliphatic heterocycles. The molecule has 144 valence electrons. The molecule has 0 spiro atoms. The third-order valence-corrected chi connectivity index (χ3v) is 4.74. The maximum absolute atomic E-state index is 12.3. The Morgan fingerprint density at radius 3 is 1.92 bits per heavy atom. The van der Waals surface area contributed by atoms with Gasteiger partial charge in [-0.3, -0.25) is 14.4 Å². The SMILES string of the molecule is CCC(CC)(CNC(=O)c1ccc(CNC(=O)C(C)(C)C)cc1)C(=O)O. The number of rotatable bonds is 8. The maximum atomic E-state index is 12.3. The van der Waals surface area contributed by atoms with Gasteiger partial charge in [-0.1, -0.05) is 46.8 Å². The van der Waals surface area contributed by atoms with E-state index >= 15 is 0 Å². The Morgan fingerprint density at radius 1 is 0.962 bits per heavy atom. The summed E-state index contributed by atoms with van der Waals surface area (Å²) < 4.78 is 0. The summed E-state index contributed by atoms with van der Waals surface area (Å²) in [5.74, 6) is -1.24. The number of benzene rings is 1. The van der Waals surface area contributed by atoms with E-state index < -0.39 is 16.8 Å². The summed E-state index contributed by atoms with van der Waals surface area (Å²) in [4.78, 5) is 35.7. The molecule has 3 N–H and O–H groups in total. The van der Waals surface area contributed by atoms with Gasteiger partial charge in [-0.15, -0.1) is 0 Å². The molecule has 2 amide bonds. The van der Waals surface area contributed by atoms with Crippen LogP contribution in [0.2, 0.25) is 0 Å². The van der Waals surface area contributed by atoms with Gasteiger partial charge in [0.2, 0.25) is 5.91 Å². The molecule has 1 aromatic rings. The average Bonchev–Trinajstić information content (AvgIpc) is 2.60. The van der Waals surface area contributed by atoms with Crippen LogP contribution in [0.3, 0.4) is 0 Å².